The van der Waals surface area contributed by atoms with Crippen molar-refractivity contribution in [3.63, 3.8) is 0 Å². The predicted octanol–water partition coefficient (Wildman–Crippen LogP) is 4.12. The number of nitrogens with zero attached hydrogens (tertiary/aromatic N) is 1. The zero-order valence-electron chi connectivity index (χ0n) is 13.4. The Balaban J connectivity index is 2.19. The standard InChI is InChI=1S/C18H30N2/c1-4-16-6-5-12-18(14-19,13-11-16)20(3)17-9-7-15(2)8-10-17/h7-10,16H,4-6,11-14,19H2,1-3H3. The Morgan fingerprint density at radius 2 is 1.90 bits per heavy atom. The molecule has 0 aromatic heterocycles. The summed E-state index contributed by atoms with van der Waals surface area (Å²) in [6.07, 6.45) is 7.78. The molecule has 1 aromatic rings. The Bertz CT molecular complexity index is 412. The second kappa shape index (κ2) is 6.62. The van der Waals surface area contributed by atoms with Gasteiger partial charge < -0.3 is 10.6 Å². The highest BCUT2D eigenvalue weighted by molar-refractivity contribution is 5.49. The van der Waals surface area contributed by atoms with Gasteiger partial charge >= 0.3 is 0 Å². The average Bonchev–Trinajstić information content (AvgIpc) is 2.70. The highest BCUT2D eigenvalue weighted by atomic mass is 15.2. The van der Waals surface area contributed by atoms with E-state index >= 15 is 0 Å². The third kappa shape index (κ3) is 3.17. The van der Waals surface area contributed by atoms with Gasteiger partial charge in [-0.25, -0.2) is 0 Å². The predicted molar refractivity (Wildman–Crippen MR) is 88.2 cm³/mol. The smallest absolute Gasteiger partial charge is 0.0521 e. The van der Waals surface area contributed by atoms with Crippen molar-refractivity contribution < 1.29 is 0 Å². The Morgan fingerprint density at radius 1 is 1.20 bits per heavy atom. The summed E-state index contributed by atoms with van der Waals surface area (Å²) in [7, 11) is 2.23. The molecular weight excluding hydrogens is 244 g/mol. The van der Waals surface area contributed by atoms with Gasteiger partial charge in [-0.2, -0.15) is 0 Å². The molecule has 2 rings (SSSR count). The van der Waals surface area contributed by atoms with E-state index < -0.39 is 0 Å². The van der Waals surface area contributed by atoms with E-state index in [2.05, 4.69) is 50.1 Å². The maximum absolute atomic E-state index is 6.22. The number of nitrogens with two attached hydrogens (primary N) is 1. The molecule has 0 saturated heterocycles. The van der Waals surface area contributed by atoms with Gasteiger partial charge in [-0.1, -0.05) is 43.9 Å². The second-order valence-corrected chi connectivity index (χ2v) is 6.53. The third-order valence-corrected chi connectivity index (χ3v) is 5.36. The summed E-state index contributed by atoms with van der Waals surface area (Å²) in [5.41, 5.74) is 8.99. The minimum Gasteiger partial charge on any atom is -0.368 e. The Kier molecular flexibility index (Phi) is 5.09. The van der Waals surface area contributed by atoms with E-state index in [0.29, 0.717) is 0 Å². The van der Waals surface area contributed by atoms with Crippen LogP contribution in [0, 0.1) is 12.8 Å². The SMILES string of the molecule is CCC1CCCC(CN)(N(C)c2ccc(C)cc2)CC1. The largest absolute Gasteiger partial charge is 0.368 e. The Labute approximate surface area is 124 Å². The first-order valence-corrected chi connectivity index (χ1v) is 8.12. The van der Waals surface area contributed by atoms with Gasteiger partial charge in [0.15, 0.2) is 0 Å². The summed E-state index contributed by atoms with van der Waals surface area (Å²) in [4.78, 5) is 2.45. The fourth-order valence-corrected chi connectivity index (χ4v) is 3.59. The number of rotatable bonds is 4. The summed E-state index contributed by atoms with van der Waals surface area (Å²) >= 11 is 0. The van der Waals surface area contributed by atoms with Crippen LogP contribution in [0.5, 0.6) is 0 Å². The first kappa shape index (κ1) is 15.4. The molecule has 2 nitrogen and oxygen atoms in total. The van der Waals surface area contributed by atoms with E-state index in [1.54, 1.807) is 0 Å². The minimum atomic E-state index is 0.152. The van der Waals surface area contributed by atoms with Crippen molar-refractivity contribution >= 4 is 5.69 Å². The van der Waals surface area contributed by atoms with Crippen LogP contribution in [-0.4, -0.2) is 19.1 Å². The first-order chi connectivity index (χ1) is 9.61. The maximum atomic E-state index is 6.22. The molecule has 20 heavy (non-hydrogen) atoms. The molecule has 2 unspecified atom stereocenters. The van der Waals surface area contributed by atoms with E-state index in [-0.39, 0.29) is 5.54 Å². The number of hydrogen-bond donors (Lipinski definition) is 1. The quantitative estimate of drug-likeness (QED) is 0.837. The Morgan fingerprint density at radius 3 is 2.50 bits per heavy atom. The van der Waals surface area contributed by atoms with Gasteiger partial charge in [-0.15, -0.1) is 0 Å². The van der Waals surface area contributed by atoms with Gasteiger partial charge in [0.2, 0.25) is 0 Å². The van der Waals surface area contributed by atoms with Crippen LogP contribution in [0.3, 0.4) is 0 Å². The van der Waals surface area contributed by atoms with Gasteiger partial charge in [0.1, 0.15) is 0 Å². The molecule has 1 aliphatic rings. The van der Waals surface area contributed by atoms with Crippen LogP contribution in [-0.2, 0) is 0 Å². The zero-order chi connectivity index (χ0) is 14.6. The number of hydrogen-bond acceptors (Lipinski definition) is 2. The van der Waals surface area contributed by atoms with Crippen LogP contribution in [0.2, 0.25) is 0 Å². The second-order valence-electron chi connectivity index (χ2n) is 6.53. The lowest BCUT2D eigenvalue weighted by Crippen LogP contribution is -2.52. The zero-order valence-corrected chi connectivity index (χ0v) is 13.4. The van der Waals surface area contributed by atoms with Crippen LogP contribution in [0.25, 0.3) is 0 Å². The van der Waals surface area contributed by atoms with Gasteiger partial charge in [0.25, 0.3) is 0 Å². The van der Waals surface area contributed by atoms with E-state index in [1.807, 2.05) is 0 Å². The monoisotopic (exact) mass is 274 g/mol. The maximum Gasteiger partial charge on any atom is 0.0521 e. The summed E-state index contributed by atoms with van der Waals surface area (Å²) in [5.74, 6) is 0.898. The molecule has 2 N–H and O–H groups in total. The van der Waals surface area contributed by atoms with Crippen LogP contribution >= 0.6 is 0 Å². The van der Waals surface area contributed by atoms with Crippen molar-refractivity contribution in [3.8, 4) is 0 Å². The highest BCUT2D eigenvalue weighted by Gasteiger charge is 2.35. The normalized spacial score (nSPS) is 27.1. The molecule has 0 spiro atoms. The molecule has 0 amide bonds. The molecule has 1 fully saturated rings. The third-order valence-electron chi connectivity index (χ3n) is 5.36. The van der Waals surface area contributed by atoms with Gasteiger partial charge in [0, 0.05) is 19.3 Å². The molecule has 112 valence electrons. The molecular formula is C18H30N2. The minimum absolute atomic E-state index is 0.152. The van der Waals surface area contributed by atoms with Crippen molar-refractivity contribution in [1.29, 1.82) is 0 Å². The molecule has 0 aliphatic heterocycles. The summed E-state index contributed by atoms with van der Waals surface area (Å²) < 4.78 is 0. The van der Waals surface area contributed by atoms with E-state index in [4.69, 9.17) is 5.73 Å². The fraction of sp³-hybridized carbons (Fsp3) is 0.667. The van der Waals surface area contributed by atoms with E-state index in [9.17, 15) is 0 Å². The molecule has 1 aromatic carbocycles. The lowest BCUT2D eigenvalue weighted by molar-refractivity contribution is 0.353. The molecule has 0 radical (unpaired) electrons. The summed E-state index contributed by atoms with van der Waals surface area (Å²) in [6.45, 7) is 5.22. The van der Waals surface area contributed by atoms with Crippen molar-refractivity contribution in [2.24, 2.45) is 11.7 Å². The molecule has 0 bridgehead atoms. The summed E-state index contributed by atoms with van der Waals surface area (Å²) in [5, 5.41) is 0. The van der Waals surface area contributed by atoms with Gasteiger partial charge in [0.05, 0.1) is 5.54 Å². The van der Waals surface area contributed by atoms with Crippen molar-refractivity contribution in [2.45, 2.75) is 57.9 Å². The fourth-order valence-electron chi connectivity index (χ4n) is 3.59. The van der Waals surface area contributed by atoms with Crippen molar-refractivity contribution in [1.82, 2.24) is 0 Å². The highest BCUT2D eigenvalue weighted by Crippen LogP contribution is 2.37. The van der Waals surface area contributed by atoms with Crippen LogP contribution < -0.4 is 10.6 Å². The van der Waals surface area contributed by atoms with Crippen molar-refractivity contribution in [3.05, 3.63) is 29.8 Å². The van der Waals surface area contributed by atoms with Crippen LogP contribution in [0.4, 0.5) is 5.69 Å². The number of likely N-dealkylation sites (N-methyl/N-ethyl adjacent to an activating group) is 1. The van der Waals surface area contributed by atoms with Gasteiger partial charge in [-0.3, -0.25) is 0 Å². The van der Waals surface area contributed by atoms with Crippen LogP contribution in [0.15, 0.2) is 24.3 Å². The molecule has 2 heteroatoms. The van der Waals surface area contributed by atoms with E-state index in [1.165, 1.54) is 49.8 Å². The van der Waals surface area contributed by atoms with Crippen molar-refractivity contribution in [2.75, 3.05) is 18.5 Å². The first-order valence-electron chi connectivity index (χ1n) is 8.12. The van der Waals surface area contributed by atoms with E-state index in [0.717, 1.165) is 12.5 Å². The number of anilines is 1. The van der Waals surface area contributed by atoms with Crippen LogP contribution in [0.1, 0.15) is 51.0 Å². The topological polar surface area (TPSA) is 29.3 Å². The van der Waals surface area contributed by atoms with Gasteiger partial charge in [-0.05, 0) is 44.2 Å². The average molecular weight is 274 g/mol. The lowest BCUT2D eigenvalue weighted by atomic mass is 9.87. The molecule has 2 atom stereocenters. The molecule has 0 heterocycles. The molecule has 1 saturated carbocycles. The summed E-state index contributed by atoms with van der Waals surface area (Å²) in [6, 6.07) is 8.85. The molecule has 1 aliphatic carbocycles. The number of aryl methyl sites for hydroxylation is 1. The Hall–Kier alpha value is -1.02. The number of benzene rings is 1. The lowest BCUT2D eigenvalue weighted by Gasteiger charge is -2.42.